The summed E-state index contributed by atoms with van der Waals surface area (Å²) < 4.78 is 11.8. The van der Waals surface area contributed by atoms with Gasteiger partial charge in [0.05, 0.1) is 25.5 Å². The minimum absolute atomic E-state index is 0.378. The Labute approximate surface area is 104 Å². The first-order valence-corrected chi connectivity index (χ1v) is 5.88. The molecular formula is C13H14N2O3. The molecule has 3 rings (SSSR count). The average molecular weight is 246 g/mol. The molecule has 0 aliphatic heterocycles. The molecule has 0 saturated heterocycles. The summed E-state index contributed by atoms with van der Waals surface area (Å²) in [6.07, 6.45) is 6.07. The van der Waals surface area contributed by atoms with Crippen LogP contribution in [0.25, 0.3) is 5.65 Å². The molecule has 0 N–H and O–H groups in total. The Hall–Kier alpha value is -2.04. The first-order chi connectivity index (χ1) is 8.72. The Morgan fingerprint density at radius 3 is 2.78 bits per heavy atom. The van der Waals surface area contributed by atoms with Gasteiger partial charge >= 0.3 is 5.97 Å². The van der Waals surface area contributed by atoms with Gasteiger partial charge in [-0.2, -0.15) is 0 Å². The van der Waals surface area contributed by atoms with Gasteiger partial charge in [0, 0.05) is 18.3 Å². The molecule has 2 aromatic rings. The topological polar surface area (TPSA) is 52.8 Å². The van der Waals surface area contributed by atoms with Gasteiger partial charge in [-0.3, -0.25) is 0 Å². The molecule has 2 aromatic heterocycles. The van der Waals surface area contributed by atoms with Gasteiger partial charge in [-0.05, 0) is 18.9 Å². The third-order valence-corrected chi connectivity index (χ3v) is 3.17. The summed E-state index contributed by atoms with van der Waals surface area (Å²) in [5, 5.41) is 0. The quantitative estimate of drug-likeness (QED) is 0.777. The van der Waals surface area contributed by atoms with E-state index < -0.39 is 0 Å². The van der Waals surface area contributed by atoms with Crippen LogP contribution in [0.15, 0.2) is 18.5 Å². The van der Waals surface area contributed by atoms with E-state index in [0.717, 1.165) is 11.3 Å². The molecule has 0 aromatic carbocycles. The standard InChI is InChI=1S/C13H14N2O3/c1-17-11-5-9(13(16)18-2)6-15-7-10(8-3-4-8)14-12(11)15/h5-8H,3-4H2,1-2H3. The van der Waals surface area contributed by atoms with Crippen LogP contribution in [0.3, 0.4) is 0 Å². The Morgan fingerprint density at radius 1 is 1.39 bits per heavy atom. The van der Waals surface area contributed by atoms with Crippen molar-refractivity contribution in [2.75, 3.05) is 14.2 Å². The van der Waals surface area contributed by atoms with Crippen molar-refractivity contribution in [3.8, 4) is 5.75 Å². The molecule has 1 saturated carbocycles. The molecule has 1 aliphatic carbocycles. The Morgan fingerprint density at radius 2 is 2.17 bits per heavy atom. The second kappa shape index (κ2) is 4.01. The van der Waals surface area contributed by atoms with Crippen LogP contribution in [0.4, 0.5) is 0 Å². The summed E-state index contributed by atoms with van der Waals surface area (Å²) in [5.41, 5.74) is 2.27. The van der Waals surface area contributed by atoms with E-state index in [-0.39, 0.29) is 5.97 Å². The molecule has 2 heterocycles. The first kappa shape index (κ1) is 11.1. The molecule has 0 spiro atoms. The molecule has 1 fully saturated rings. The fourth-order valence-corrected chi connectivity index (χ4v) is 2.04. The SMILES string of the molecule is COC(=O)c1cc(OC)c2nc(C3CC3)cn2c1. The smallest absolute Gasteiger partial charge is 0.339 e. The van der Waals surface area contributed by atoms with Crippen molar-refractivity contribution in [3.05, 3.63) is 29.7 Å². The van der Waals surface area contributed by atoms with Gasteiger partial charge in [-0.25, -0.2) is 9.78 Å². The maximum absolute atomic E-state index is 11.6. The lowest BCUT2D eigenvalue weighted by Crippen LogP contribution is -2.04. The number of esters is 1. The molecule has 0 amide bonds. The van der Waals surface area contributed by atoms with Crippen LogP contribution in [-0.2, 0) is 4.74 Å². The van der Waals surface area contributed by atoms with E-state index in [1.165, 1.54) is 20.0 Å². The van der Waals surface area contributed by atoms with Gasteiger partial charge in [0.15, 0.2) is 11.4 Å². The van der Waals surface area contributed by atoms with Gasteiger partial charge in [0.2, 0.25) is 0 Å². The number of carbonyl (C=O) groups excluding carboxylic acids is 1. The Bertz CT molecular complexity index is 614. The van der Waals surface area contributed by atoms with E-state index in [1.807, 2.05) is 10.6 Å². The predicted octanol–water partition coefficient (Wildman–Crippen LogP) is 2.01. The van der Waals surface area contributed by atoms with Crippen LogP contribution >= 0.6 is 0 Å². The number of ether oxygens (including phenoxy) is 2. The number of nitrogens with zero attached hydrogens (tertiary/aromatic N) is 2. The van der Waals surface area contributed by atoms with E-state index >= 15 is 0 Å². The minimum Gasteiger partial charge on any atom is -0.493 e. The lowest BCUT2D eigenvalue weighted by molar-refractivity contribution is 0.0599. The second-order valence-electron chi connectivity index (χ2n) is 4.46. The Balaban J connectivity index is 2.15. The van der Waals surface area contributed by atoms with Crippen molar-refractivity contribution in [1.29, 1.82) is 0 Å². The van der Waals surface area contributed by atoms with E-state index in [2.05, 4.69) is 4.98 Å². The zero-order valence-electron chi connectivity index (χ0n) is 10.3. The third-order valence-electron chi connectivity index (χ3n) is 3.17. The monoisotopic (exact) mass is 246 g/mol. The summed E-state index contributed by atoms with van der Waals surface area (Å²) >= 11 is 0. The highest BCUT2D eigenvalue weighted by atomic mass is 16.5. The Kier molecular flexibility index (Phi) is 2.47. The number of imidazole rings is 1. The number of hydrogen-bond donors (Lipinski definition) is 0. The van der Waals surface area contributed by atoms with Crippen molar-refractivity contribution < 1.29 is 14.3 Å². The molecule has 5 nitrogen and oxygen atoms in total. The van der Waals surface area contributed by atoms with Crippen molar-refractivity contribution in [1.82, 2.24) is 9.38 Å². The van der Waals surface area contributed by atoms with E-state index in [4.69, 9.17) is 9.47 Å². The fourth-order valence-electron chi connectivity index (χ4n) is 2.04. The molecule has 1 aliphatic rings. The van der Waals surface area contributed by atoms with Crippen molar-refractivity contribution in [2.24, 2.45) is 0 Å². The number of methoxy groups -OCH3 is 2. The highest BCUT2D eigenvalue weighted by Gasteiger charge is 2.27. The fraction of sp³-hybridized carbons (Fsp3) is 0.385. The van der Waals surface area contributed by atoms with Crippen molar-refractivity contribution >= 4 is 11.6 Å². The van der Waals surface area contributed by atoms with E-state index in [1.54, 1.807) is 19.4 Å². The van der Waals surface area contributed by atoms with Crippen molar-refractivity contribution in [2.45, 2.75) is 18.8 Å². The average Bonchev–Trinajstić information content (AvgIpc) is 3.16. The predicted molar refractivity (Wildman–Crippen MR) is 65.1 cm³/mol. The second-order valence-corrected chi connectivity index (χ2v) is 4.46. The summed E-state index contributed by atoms with van der Waals surface area (Å²) in [5.74, 6) is 0.776. The molecule has 18 heavy (non-hydrogen) atoms. The maximum atomic E-state index is 11.6. The zero-order valence-corrected chi connectivity index (χ0v) is 10.3. The molecule has 5 heteroatoms. The number of hydrogen-bond acceptors (Lipinski definition) is 4. The number of fused-ring (bicyclic) bond motifs is 1. The van der Waals surface area contributed by atoms with Crippen LogP contribution in [0.5, 0.6) is 5.75 Å². The van der Waals surface area contributed by atoms with Crippen LogP contribution in [0.2, 0.25) is 0 Å². The summed E-state index contributed by atoms with van der Waals surface area (Å²) in [7, 11) is 2.93. The van der Waals surface area contributed by atoms with Crippen LogP contribution in [-0.4, -0.2) is 29.6 Å². The lowest BCUT2D eigenvalue weighted by Gasteiger charge is -2.05. The van der Waals surface area contributed by atoms with E-state index in [0.29, 0.717) is 17.2 Å². The van der Waals surface area contributed by atoms with Crippen LogP contribution < -0.4 is 4.74 Å². The summed E-state index contributed by atoms with van der Waals surface area (Å²) in [6, 6.07) is 1.66. The highest BCUT2D eigenvalue weighted by molar-refractivity contribution is 5.90. The molecule has 0 atom stereocenters. The van der Waals surface area contributed by atoms with E-state index in [9.17, 15) is 4.79 Å². The molecule has 0 radical (unpaired) electrons. The largest absolute Gasteiger partial charge is 0.493 e. The van der Waals surface area contributed by atoms with Crippen LogP contribution in [0, 0.1) is 0 Å². The molecule has 0 bridgehead atoms. The highest BCUT2D eigenvalue weighted by Crippen LogP contribution is 2.40. The molecule has 94 valence electrons. The zero-order chi connectivity index (χ0) is 12.7. The molecule has 0 unspecified atom stereocenters. The summed E-state index contributed by atoms with van der Waals surface area (Å²) in [6.45, 7) is 0. The van der Waals surface area contributed by atoms with Crippen molar-refractivity contribution in [3.63, 3.8) is 0 Å². The van der Waals surface area contributed by atoms with Gasteiger partial charge in [-0.15, -0.1) is 0 Å². The summed E-state index contributed by atoms with van der Waals surface area (Å²) in [4.78, 5) is 16.1. The number of rotatable bonds is 3. The first-order valence-electron chi connectivity index (χ1n) is 5.88. The van der Waals surface area contributed by atoms with Gasteiger partial charge < -0.3 is 13.9 Å². The van der Waals surface area contributed by atoms with Gasteiger partial charge in [0.1, 0.15) is 0 Å². The minimum atomic E-state index is -0.378. The van der Waals surface area contributed by atoms with Gasteiger partial charge in [0.25, 0.3) is 0 Å². The van der Waals surface area contributed by atoms with Crippen LogP contribution in [0.1, 0.15) is 34.8 Å². The number of aromatic nitrogens is 2. The number of carbonyl (C=O) groups is 1. The number of pyridine rings is 1. The maximum Gasteiger partial charge on any atom is 0.339 e. The van der Waals surface area contributed by atoms with Gasteiger partial charge in [-0.1, -0.05) is 0 Å². The normalized spacial score (nSPS) is 14.8. The third kappa shape index (κ3) is 1.72. The molecular weight excluding hydrogens is 232 g/mol. The lowest BCUT2D eigenvalue weighted by atomic mass is 10.2.